The Kier molecular flexibility index (Phi) is 4.96. The molecule has 0 N–H and O–H groups in total. The van der Waals surface area contributed by atoms with Crippen LogP contribution in [-0.2, 0) is 38.0 Å². The fourth-order valence-corrected chi connectivity index (χ4v) is 3.61. The van der Waals surface area contributed by atoms with Gasteiger partial charge in [0.1, 0.15) is 24.9 Å². The second kappa shape index (κ2) is 6.77. The Morgan fingerprint density at radius 1 is 1.27 bits per heavy atom. The summed E-state index contributed by atoms with van der Waals surface area (Å²) in [5.74, 6) is -3.16. The third-order valence-corrected chi connectivity index (χ3v) is 4.50. The Balaban J connectivity index is 1.99. The molecule has 2 fully saturated rings. The second-order valence-electron chi connectivity index (χ2n) is 6.90. The van der Waals surface area contributed by atoms with Crippen molar-refractivity contribution in [2.24, 2.45) is 0 Å². The van der Waals surface area contributed by atoms with E-state index in [9.17, 15) is 9.59 Å². The van der Waals surface area contributed by atoms with Crippen LogP contribution in [0, 0.1) is 0 Å². The number of fused-ring (bicyclic) bond motifs is 2. The molecule has 26 heavy (non-hydrogen) atoms. The van der Waals surface area contributed by atoms with Crippen LogP contribution in [0.1, 0.15) is 27.7 Å². The maximum absolute atomic E-state index is 11.6. The minimum absolute atomic E-state index is 0.115. The molecule has 0 amide bonds. The molecule has 3 rings (SSSR count). The minimum Gasteiger partial charge on any atom is -0.463 e. The van der Waals surface area contributed by atoms with Gasteiger partial charge in [0.2, 0.25) is 5.79 Å². The number of esters is 2. The summed E-state index contributed by atoms with van der Waals surface area (Å²) in [6, 6.07) is 0. The van der Waals surface area contributed by atoms with Crippen LogP contribution in [0.15, 0.2) is 24.3 Å². The molecule has 3 heterocycles. The summed E-state index contributed by atoms with van der Waals surface area (Å²) in [5, 5.41) is 0. The summed E-state index contributed by atoms with van der Waals surface area (Å²) in [4.78, 5) is 22.9. The summed E-state index contributed by atoms with van der Waals surface area (Å²) < 4.78 is 34.7. The van der Waals surface area contributed by atoms with Crippen LogP contribution in [0.3, 0.4) is 0 Å². The second-order valence-corrected chi connectivity index (χ2v) is 6.90. The third kappa shape index (κ3) is 3.29. The summed E-state index contributed by atoms with van der Waals surface area (Å²) in [6.07, 6.45) is 0.524. The molecule has 0 aliphatic carbocycles. The monoisotopic (exact) mass is 368 g/mol. The van der Waals surface area contributed by atoms with Gasteiger partial charge in [0.05, 0.1) is 6.61 Å². The van der Waals surface area contributed by atoms with E-state index in [1.165, 1.54) is 13.8 Å². The average molecular weight is 368 g/mol. The Hall–Kier alpha value is -1.74. The van der Waals surface area contributed by atoms with E-state index in [0.717, 1.165) is 0 Å². The van der Waals surface area contributed by atoms with Gasteiger partial charge in [0.15, 0.2) is 11.9 Å². The average Bonchev–Trinajstić information content (AvgIpc) is 3.09. The van der Waals surface area contributed by atoms with Gasteiger partial charge in [-0.3, -0.25) is 9.59 Å². The molecule has 8 heteroatoms. The van der Waals surface area contributed by atoms with E-state index >= 15 is 0 Å². The summed E-state index contributed by atoms with van der Waals surface area (Å²) in [6.45, 7) is 10.1. The van der Waals surface area contributed by atoms with Crippen LogP contribution in [0.4, 0.5) is 0 Å². The molecule has 0 bridgehead atoms. The first-order valence-corrected chi connectivity index (χ1v) is 8.49. The van der Waals surface area contributed by atoms with Crippen LogP contribution < -0.4 is 0 Å². The normalized spacial score (nSPS) is 37.8. The van der Waals surface area contributed by atoms with Crippen molar-refractivity contribution < 1.29 is 38.0 Å². The number of hydrogen-bond donors (Lipinski definition) is 0. The van der Waals surface area contributed by atoms with Gasteiger partial charge in [-0.25, -0.2) is 0 Å². The number of carbonyl (C=O) groups excluding carboxylic acids is 2. The maximum Gasteiger partial charge on any atom is 0.303 e. The Labute approximate surface area is 152 Å². The zero-order chi connectivity index (χ0) is 19.1. The molecule has 5 atom stereocenters. The van der Waals surface area contributed by atoms with Crippen molar-refractivity contribution in [3.05, 3.63) is 24.3 Å². The van der Waals surface area contributed by atoms with E-state index in [-0.39, 0.29) is 6.61 Å². The topological polar surface area (TPSA) is 89.5 Å². The summed E-state index contributed by atoms with van der Waals surface area (Å²) in [5.41, 5.74) is 0.697. The highest BCUT2D eigenvalue weighted by atomic mass is 16.8. The van der Waals surface area contributed by atoms with Gasteiger partial charge < -0.3 is 28.4 Å². The number of hydrogen-bond acceptors (Lipinski definition) is 8. The van der Waals surface area contributed by atoms with Gasteiger partial charge in [0.25, 0.3) is 0 Å². The predicted octanol–water partition coefficient (Wildman–Crippen LogP) is 1.24. The van der Waals surface area contributed by atoms with Crippen molar-refractivity contribution in [2.75, 3.05) is 13.2 Å². The van der Waals surface area contributed by atoms with E-state index < -0.39 is 47.9 Å². The summed E-state index contributed by atoms with van der Waals surface area (Å²) in [7, 11) is 0. The molecular weight excluding hydrogens is 344 g/mol. The smallest absolute Gasteiger partial charge is 0.303 e. The van der Waals surface area contributed by atoms with Crippen LogP contribution in [0.5, 0.6) is 0 Å². The largest absolute Gasteiger partial charge is 0.463 e. The van der Waals surface area contributed by atoms with Gasteiger partial charge >= 0.3 is 11.9 Å². The molecule has 1 spiro atoms. The molecule has 0 aromatic rings. The zero-order valence-corrected chi connectivity index (χ0v) is 15.4. The highest BCUT2D eigenvalue weighted by molar-refractivity contribution is 5.66. The highest BCUT2D eigenvalue weighted by Gasteiger charge is 2.65. The van der Waals surface area contributed by atoms with Crippen molar-refractivity contribution in [1.29, 1.82) is 0 Å². The Morgan fingerprint density at radius 2 is 2.00 bits per heavy atom. The quantitative estimate of drug-likeness (QED) is 0.685. The standard InChI is InChI=1S/C18H24O8/c1-6-12-7-8-22-18(12)16-15(25-17(4,5)26-16)14(23-11(3)20)13(24-18)9-21-10(2)19/h6-7,13-16H,1,8-9H2,2-5H3/t13-,14-,15+,16+,18-/m1/s1. The van der Waals surface area contributed by atoms with E-state index in [2.05, 4.69) is 6.58 Å². The van der Waals surface area contributed by atoms with Crippen molar-refractivity contribution >= 4 is 11.9 Å². The van der Waals surface area contributed by atoms with E-state index in [4.69, 9.17) is 28.4 Å². The highest BCUT2D eigenvalue weighted by Crippen LogP contribution is 2.48. The van der Waals surface area contributed by atoms with Crippen molar-refractivity contribution in [2.45, 2.75) is 63.7 Å². The third-order valence-electron chi connectivity index (χ3n) is 4.50. The van der Waals surface area contributed by atoms with Gasteiger partial charge in [-0.05, 0) is 13.8 Å². The van der Waals surface area contributed by atoms with Crippen LogP contribution in [0.2, 0.25) is 0 Å². The zero-order valence-electron chi connectivity index (χ0n) is 15.4. The Morgan fingerprint density at radius 3 is 2.62 bits per heavy atom. The molecular formula is C18H24O8. The molecule has 0 aromatic heterocycles. The van der Waals surface area contributed by atoms with Gasteiger partial charge in [0, 0.05) is 19.4 Å². The summed E-state index contributed by atoms with van der Waals surface area (Å²) >= 11 is 0. The van der Waals surface area contributed by atoms with Crippen molar-refractivity contribution in [3.63, 3.8) is 0 Å². The maximum atomic E-state index is 11.6. The SMILES string of the molecule is C=CC1=CCO[C@@]12O[C@H](COC(C)=O)[C@@H](OC(C)=O)[C@@H]1OC(C)(C)O[C@@H]12. The van der Waals surface area contributed by atoms with Gasteiger partial charge in [-0.15, -0.1) is 0 Å². The fourth-order valence-electron chi connectivity index (χ4n) is 3.61. The van der Waals surface area contributed by atoms with Crippen molar-refractivity contribution in [1.82, 2.24) is 0 Å². The lowest BCUT2D eigenvalue weighted by Gasteiger charge is -2.47. The van der Waals surface area contributed by atoms with Crippen LogP contribution in [-0.4, -0.2) is 61.1 Å². The number of carbonyl (C=O) groups is 2. The van der Waals surface area contributed by atoms with Crippen LogP contribution >= 0.6 is 0 Å². The molecule has 0 unspecified atom stereocenters. The van der Waals surface area contributed by atoms with Crippen LogP contribution in [0.25, 0.3) is 0 Å². The van der Waals surface area contributed by atoms with Gasteiger partial charge in [-0.1, -0.05) is 18.7 Å². The van der Waals surface area contributed by atoms with Crippen molar-refractivity contribution in [3.8, 4) is 0 Å². The molecule has 3 aliphatic heterocycles. The lowest BCUT2D eigenvalue weighted by Crippen LogP contribution is -2.65. The first kappa shape index (κ1) is 19.0. The molecule has 3 aliphatic rings. The molecule has 0 saturated carbocycles. The molecule has 0 radical (unpaired) electrons. The predicted molar refractivity (Wildman–Crippen MR) is 87.8 cm³/mol. The van der Waals surface area contributed by atoms with E-state index in [1.54, 1.807) is 19.9 Å². The van der Waals surface area contributed by atoms with Gasteiger partial charge in [-0.2, -0.15) is 0 Å². The molecule has 144 valence electrons. The fraction of sp³-hybridized carbons (Fsp3) is 0.667. The lowest BCUT2D eigenvalue weighted by molar-refractivity contribution is -0.321. The van der Waals surface area contributed by atoms with E-state index in [1.807, 2.05) is 6.08 Å². The number of ether oxygens (including phenoxy) is 6. The first-order valence-electron chi connectivity index (χ1n) is 8.49. The Bertz CT molecular complexity index is 639. The lowest BCUT2D eigenvalue weighted by atomic mass is 9.88. The molecule has 0 aromatic carbocycles. The first-order chi connectivity index (χ1) is 12.2. The number of rotatable bonds is 4. The molecule has 2 saturated heterocycles. The minimum atomic E-state index is -1.26. The van der Waals surface area contributed by atoms with E-state index in [0.29, 0.717) is 12.2 Å². The molecule has 8 nitrogen and oxygen atoms in total.